The first kappa shape index (κ1) is 37.9. The van der Waals surface area contributed by atoms with E-state index in [1.54, 1.807) is 18.2 Å². The summed E-state index contributed by atoms with van der Waals surface area (Å²) in [4.78, 5) is 59.1. The standard InChI is InChI=1S/C41H27N3O2.C6H3N3O6/c45-40(42-22-30-16-14-28-12-10-24-4-1-6-26-18-20-32(30)38(28)36(24)26)34-8-3-9-35(44-34)41(46)43-23-31-17-15-29-13-11-25-5-2-7-27-19-21-33(31)39(29)37(25)27;10-7(11)4-1-5(8(12)13)3-6(2-4)9(14)15/h1-21H,22-23H2,(H,42,45)(H,43,46);1-3H. The number of hydrogen-bond donors (Lipinski definition) is 2. The maximum absolute atomic E-state index is 13.2. The second kappa shape index (κ2) is 15.3. The number of amides is 2. The average molecular weight is 807 g/mol. The van der Waals surface area contributed by atoms with E-state index in [1.165, 1.54) is 53.9 Å². The van der Waals surface area contributed by atoms with Crippen molar-refractivity contribution < 1.29 is 24.4 Å². The summed E-state index contributed by atoms with van der Waals surface area (Å²) in [5, 5.41) is 51.3. The average Bonchev–Trinajstić information content (AvgIpc) is 3.28. The van der Waals surface area contributed by atoms with Crippen molar-refractivity contribution in [2.75, 3.05) is 0 Å². The molecule has 0 saturated heterocycles. The molecule has 0 spiro atoms. The predicted molar refractivity (Wildman–Crippen MR) is 233 cm³/mol. The van der Waals surface area contributed by atoms with Crippen LogP contribution >= 0.6 is 0 Å². The Morgan fingerprint density at radius 3 is 1.10 bits per heavy atom. The maximum Gasteiger partial charge on any atom is 0.283 e. The van der Waals surface area contributed by atoms with Crippen LogP contribution in [0.25, 0.3) is 64.6 Å². The van der Waals surface area contributed by atoms with E-state index >= 15 is 0 Å². The second-order valence-electron chi connectivity index (χ2n) is 14.4. The molecule has 0 aliphatic heterocycles. The number of hydrogen-bond acceptors (Lipinski definition) is 9. The van der Waals surface area contributed by atoms with Crippen LogP contribution in [-0.4, -0.2) is 31.6 Å². The van der Waals surface area contributed by atoms with Gasteiger partial charge in [0.25, 0.3) is 28.9 Å². The lowest BCUT2D eigenvalue weighted by atomic mass is 9.92. The quantitative estimate of drug-likeness (QED) is 0.0809. The molecule has 10 aromatic rings. The highest BCUT2D eigenvalue weighted by Gasteiger charge is 2.22. The highest BCUT2D eigenvalue weighted by Crippen LogP contribution is 2.37. The largest absolute Gasteiger partial charge is 0.347 e. The number of non-ortho nitro benzene ring substituents is 3. The first-order valence-electron chi connectivity index (χ1n) is 19.0. The topological polar surface area (TPSA) is 201 Å². The Kier molecular flexibility index (Phi) is 9.48. The van der Waals surface area contributed by atoms with Gasteiger partial charge in [0.15, 0.2) is 0 Å². The fourth-order valence-corrected chi connectivity index (χ4v) is 8.02. The normalized spacial score (nSPS) is 11.3. The van der Waals surface area contributed by atoms with Gasteiger partial charge in [-0.2, -0.15) is 0 Å². The molecule has 9 aromatic carbocycles. The van der Waals surface area contributed by atoms with Gasteiger partial charge in [-0.05, 0) is 87.9 Å². The van der Waals surface area contributed by atoms with Crippen LogP contribution in [0.2, 0.25) is 0 Å². The van der Waals surface area contributed by atoms with E-state index in [-0.39, 0.29) is 23.2 Å². The molecule has 2 N–H and O–H groups in total. The van der Waals surface area contributed by atoms with Crippen molar-refractivity contribution in [3.63, 3.8) is 0 Å². The van der Waals surface area contributed by atoms with Gasteiger partial charge in [-0.25, -0.2) is 4.98 Å². The van der Waals surface area contributed by atoms with Crippen molar-refractivity contribution in [2.45, 2.75) is 13.1 Å². The number of pyridine rings is 1. The molecule has 2 amide bonds. The first-order valence-corrected chi connectivity index (χ1v) is 19.0. The molecule has 0 fully saturated rings. The van der Waals surface area contributed by atoms with Crippen LogP contribution in [0, 0.1) is 30.3 Å². The number of nitrogens with zero attached hydrogens (tertiary/aromatic N) is 4. The molecule has 14 nitrogen and oxygen atoms in total. The third-order valence-corrected chi connectivity index (χ3v) is 10.9. The van der Waals surface area contributed by atoms with Gasteiger partial charge in [-0.1, -0.05) is 115 Å². The zero-order valence-corrected chi connectivity index (χ0v) is 31.8. The zero-order valence-electron chi connectivity index (χ0n) is 31.8. The van der Waals surface area contributed by atoms with Gasteiger partial charge < -0.3 is 10.6 Å². The summed E-state index contributed by atoms with van der Waals surface area (Å²) >= 11 is 0. The third-order valence-electron chi connectivity index (χ3n) is 10.9. The number of carbonyl (C=O) groups excluding carboxylic acids is 2. The lowest BCUT2D eigenvalue weighted by Crippen LogP contribution is -2.27. The van der Waals surface area contributed by atoms with E-state index in [9.17, 15) is 39.9 Å². The molecule has 0 aliphatic carbocycles. The molecule has 296 valence electrons. The van der Waals surface area contributed by atoms with E-state index in [0.29, 0.717) is 31.3 Å². The van der Waals surface area contributed by atoms with Crippen LogP contribution in [0.4, 0.5) is 17.1 Å². The summed E-state index contributed by atoms with van der Waals surface area (Å²) in [6, 6.07) is 45.2. The Labute approximate surface area is 344 Å². The fraction of sp³-hybridized carbons (Fsp3) is 0.0426. The van der Waals surface area contributed by atoms with Gasteiger partial charge in [0.1, 0.15) is 11.4 Å². The van der Waals surface area contributed by atoms with Gasteiger partial charge in [0.05, 0.1) is 33.0 Å². The summed E-state index contributed by atoms with van der Waals surface area (Å²) in [5.41, 5.74) is 0.409. The van der Waals surface area contributed by atoms with Crippen molar-refractivity contribution in [2.24, 2.45) is 0 Å². The van der Waals surface area contributed by atoms with Crippen LogP contribution in [0.15, 0.2) is 146 Å². The lowest BCUT2D eigenvalue weighted by Gasteiger charge is -2.15. The third kappa shape index (κ3) is 7.03. The smallest absolute Gasteiger partial charge is 0.283 e. The molecule has 0 bridgehead atoms. The Bertz CT molecular complexity index is 3140. The van der Waals surface area contributed by atoms with Crippen LogP contribution in [0.1, 0.15) is 32.1 Å². The Morgan fingerprint density at radius 2 is 0.738 bits per heavy atom. The monoisotopic (exact) mass is 806 g/mol. The number of nitro benzene ring substituents is 3. The molecule has 1 aromatic heterocycles. The Morgan fingerprint density at radius 1 is 0.426 bits per heavy atom. The highest BCUT2D eigenvalue weighted by molar-refractivity contribution is 6.24. The molecule has 0 radical (unpaired) electrons. The first-order chi connectivity index (χ1) is 29.5. The molecule has 61 heavy (non-hydrogen) atoms. The fourth-order valence-electron chi connectivity index (χ4n) is 8.02. The highest BCUT2D eigenvalue weighted by atomic mass is 16.6. The van der Waals surface area contributed by atoms with Gasteiger partial charge in [0.2, 0.25) is 0 Å². The number of benzene rings is 9. The van der Waals surface area contributed by atoms with E-state index in [0.717, 1.165) is 21.9 Å². The SMILES string of the molecule is O=C(NCc1ccc2ccc3cccc4ccc1c2c34)c1cccc(C(=O)NCc2ccc3ccc4cccc5ccc2c3c45)n1.O=[N+]([O-])c1cc([N+](=O)[O-])cc([N+](=O)[O-])c1. The number of carbonyl (C=O) groups is 2. The summed E-state index contributed by atoms with van der Waals surface area (Å²) in [7, 11) is 0. The summed E-state index contributed by atoms with van der Waals surface area (Å²) in [6.45, 7) is 0.694. The van der Waals surface area contributed by atoms with Crippen LogP contribution in [0.3, 0.4) is 0 Å². The van der Waals surface area contributed by atoms with Gasteiger partial charge >= 0.3 is 0 Å². The maximum atomic E-state index is 13.2. The van der Waals surface area contributed by atoms with Crippen molar-refractivity contribution in [3.05, 3.63) is 198 Å². The summed E-state index contributed by atoms with van der Waals surface area (Å²) in [6.07, 6.45) is 0. The number of rotatable bonds is 9. The van der Waals surface area contributed by atoms with Crippen LogP contribution < -0.4 is 10.6 Å². The zero-order chi connectivity index (χ0) is 42.4. The van der Waals surface area contributed by atoms with Gasteiger partial charge in [-0.15, -0.1) is 0 Å². The number of nitrogens with one attached hydrogen (secondary N) is 2. The minimum atomic E-state index is -0.931. The molecule has 10 rings (SSSR count). The number of nitro groups is 3. The van der Waals surface area contributed by atoms with E-state index < -0.39 is 31.8 Å². The summed E-state index contributed by atoms with van der Waals surface area (Å²) < 4.78 is 0. The molecule has 14 heteroatoms. The lowest BCUT2D eigenvalue weighted by molar-refractivity contribution is -0.403. The van der Waals surface area contributed by atoms with Crippen molar-refractivity contribution in [1.29, 1.82) is 0 Å². The minimum absolute atomic E-state index is 0.202. The minimum Gasteiger partial charge on any atom is -0.347 e. The predicted octanol–water partition coefficient (Wildman–Crippen LogP) is 10.1. The molecule has 0 unspecified atom stereocenters. The molecule has 0 atom stereocenters. The second-order valence-corrected chi connectivity index (χ2v) is 14.4. The van der Waals surface area contributed by atoms with Gasteiger partial charge in [-0.3, -0.25) is 39.9 Å². The summed E-state index contributed by atoms with van der Waals surface area (Å²) in [5.74, 6) is -0.653. The molecule has 0 aliphatic rings. The van der Waals surface area contributed by atoms with Crippen LogP contribution in [0.5, 0.6) is 0 Å². The van der Waals surface area contributed by atoms with Gasteiger partial charge in [0, 0.05) is 13.1 Å². The molecule has 1 heterocycles. The van der Waals surface area contributed by atoms with E-state index in [2.05, 4.69) is 125 Å². The Hall–Kier alpha value is -8.65. The van der Waals surface area contributed by atoms with Crippen molar-refractivity contribution >= 4 is 93.5 Å². The molecular formula is C47H30N6O8. The number of aromatic nitrogens is 1. The Balaban J connectivity index is 0.000000271. The van der Waals surface area contributed by atoms with E-state index in [4.69, 9.17) is 0 Å². The van der Waals surface area contributed by atoms with Crippen molar-refractivity contribution in [1.82, 2.24) is 15.6 Å². The molecular weight excluding hydrogens is 777 g/mol. The van der Waals surface area contributed by atoms with Crippen LogP contribution in [-0.2, 0) is 13.1 Å². The van der Waals surface area contributed by atoms with E-state index in [1.807, 2.05) is 0 Å². The molecule has 0 saturated carbocycles. The van der Waals surface area contributed by atoms with Crippen molar-refractivity contribution in [3.8, 4) is 0 Å².